The first-order valence-electron chi connectivity index (χ1n) is 8.44. The lowest BCUT2D eigenvalue weighted by molar-refractivity contribution is -0.141. The summed E-state index contributed by atoms with van der Waals surface area (Å²) in [7, 11) is 1.65. The third-order valence-corrected chi connectivity index (χ3v) is 4.79. The summed E-state index contributed by atoms with van der Waals surface area (Å²) >= 11 is 3.35. The number of carbonyl (C=O) groups is 2. The van der Waals surface area contributed by atoms with Crippen LogP contribution in [0.4, 0.5) is 0 Å². The van der Waals surface area contributed by atoms with Crippen LogP contribution in [0, 0.1) is 13.8 Å². The van der Waals surface area contributed by atoms with Crippen LogP contribution >= 0.6 is 15.9 Å². The topological polar surface area (TPSA) is 57.5 Å². The number of rotatable bonds is 8. The molecule has 140 valence electrons. The van der Waals surface area contributed by atoms with Gasteiger partial charge in [0.25, 0.3) is 0 Å². The molecule has 0 spiro atoms. The minimum Gasteiger partial charge on any atom is -0.457 e. The summed E-state index contributed by atoms with van der Waals surface area (Å²) in [6.45, 7) is 6.20. The van der Waals surface area contributed by atoms with Gasteiger partial charge in [0, 0.05) is 28.5 Å². The Morgan fingerprint density at radius 3 is 2.46 bits per heavy atom. The monoisotopic (exact) mass is 421 g/mol. The molecule has 26 heavy (non-hydrogen) atoms. The molecule has 1 unspecified atom stereocenters. The number of carbonyl (C=O) groups excluding carboxylic acids is 2. The largest absolute Gasteiger partial charge is 0.457 e. The molecule has 0 aliphatic carbocycles. The van der Waals surface area contributed by atoms with Crippen molar-refractivity contribution in [3.05, 3.63) is 57.3 Å². The number of methoxy groups -OCH3 is 1. The van der Waals surface area contributed by atoms with Gasteiger partial charge in [-0.3, -0.25) is 9.59 Å². The molecule has 0 saturated carbocycles. The van der Waals surface area contributed by atoms with Crippen LogP contribution in [-0.4, -0.2) is 36.6 Å². The van der Waals surface area contributed by atoms with E-state index in [0.717, 1.165) is 21.4 Å². The molecular formula is C20H24BrNO4. The van der Waals surface area contributed by atoms with Gasteiger partial charge in [-0.1, -0.05) is 28.1 Å². The average molecular weight is 422 g/mol. The fraction of sp³-hybridized carbons (Fsp3) is 0.400. The standard InChI is InChI=1S/C20H24BrNO4/c1-13-9-18(15(3)22(13)14(2)11-25-4)19(23)12-26-20(24)10-16-5-7-17(21)8-6-16/h5-9,14H,10-12H2,1-4H3. The van der Waals surface area contributed by atoms with Crippen LogP contribution in [0.25, 0.3) is 0 Å². The van der Waals surface area contributed by atoms with Gasteiger partial charge in [-0.2, -0.15) is 0 Å². The highest BCUT2D eigenvalue weighted by Gasteiger charge is 2.20. The maximum atomic E-state index is 12.5. The molecule has 1 heterocycles. The lowest BCUT2D eigenvalue weighted by Crippen LogP contribution is -2.17. The first-order chi connectivity index (χ1) is 12.3. The summed E-state index contributed by atoms with van der Waals surface area (Å²) in [5.41, 5.74) is 3.27. The van der Waals surface area contributed by atoms with E-state index < -0.39 is 5.97 Å². The van der Waals surface area contributed by atoms with Gasteiger partial charge >= 0.3 is 5.97 Å². The van der Waals surface area contributed by atoms with Gasteiger partial charge in [-0.15, -0.1) is 0 Å². The van der Waals surface area contributed by atoms with Crippen LogP contribution in [0.3, 0.4) is 0 Å². The summed E-state index contributed by atoms with van der Waals surface area (Å²) in [6, 6.07) is 9.39. The Kier molecular flexibility index (Phi) is 7.17. The number of Topliss-reactive ketones (excluding diaryl/α,β-unsaturated/α-hetero) is 1. The predicted octanol–water partition coefficient (Wildman–Crippen LogP) is 4.04. The van der Waals surface area contributed by atoms with Gasteiger partial charge in [0.2, 0.25) is 5.78 Å². The van der Waals surface area contributed by atoms with Crippen LogP contribution in [0.1, 0.15) is 40.3 Å². The number of ether oxygens (including phenoxy) is 2. The number of aryl methyl sites for hydroxylation is 1. The fourth-order valence-electron chi connectivity index (χ4n) is 3.10. The molecule has 0 aliphatic rings. The summed E-state index contributed by atoms with van der Waals surface area (Å²) in [4.78, 5) is 24.5. The lowest BCUT2D eigenvalue weighted by Gasteiger charge is -2.17. The molecular weight excluding hydrogens is 398 g/mol. The molecule has 0 fully saturated rings. The molecule has 1 atom stereocenters. The summed E-state index contributed by atoms with van der Waals surface area (Å²) < 4.78 is 13.4. The normalized spacial score (nSPS) is 12.0. The third kappa shape index (κ3) is 5.05. The number of hydrogen-bond donors (Lipinski definition) is 0. The summed E-state index contributed by atoms with van der Waals surface area (Å²) in [6.07, 6.45) is 0.143. The molecule has 2 rings (SSSR count). The Balaban J connectivity index is 1.98. The predicted molar refractivity (Wildman–Crippen MR) is 104 cm³/mol. The maximum absolute atomic E-state index is 12.5. The van der Waals surface area contributed by atoms with E-state index in [1.807, 2.05) is 51.1 Å². The fourth-order valence-corrected chi connectivity index (χ4v) is 3.36. The van der Waals surface area contributed by atoms with Crippen LogP contribution in [0.15, 0.2) is 34.8 Å². The first kappa shape index (κ1) is 20.4. The molecule has 0 radical (unpaired) electrons. The molecule has 2 aromatic rings. The van der Waals surface area contributed by atoms with Crippen molar-refractivity contribution in [2.24, 2.45) is 0 Å². The quantitative estimate of drug-likeness (QED) is 0.476. The zero-order valence-corrected chi connectivity index (χ0v) is 17.1. The van der Waals surface area contributed by atoms with Crippen LogP contribution in [0.5, 0.6) is 0 Å². The van der Waals surface area contributed by atoms with Gasteiger partial charge in [-0.25, -0.2) is 0 Å². The van der Waals surface area contributed by atoms with E-state index in [1.54, 1.807) is 7.11 Å². The molecule has 5 nitrogen and oxygen atoms in total. The average Bonchev–Trinajstić information content (AvgIpc) is 2.89. The molecule has 1 aromatic carbocycles. The Morgan fingerprint density at radius 2 is 1.85 bits per heavy atom. The molecule has 0 bridgehead atoms. The maximum Gasteiger partial charge on any atom is 0.310 e. The van der Waals surface area contributed by atoms with Gasteiger partial charge in [0.15, 0.2) is 6.61 Å². The minimum atomic E-state index is -0.415. The second-order valence-electron chi connectivity index (χ2n) is 6.35. The van der Waals surface area contributed by atoms with E-state index in [4.69, 9.17) is 9.47 Å². The van der Waals surface area contributed by atoms with Crippen LogP contribution in [-0.2, 0) is 20.7 Å². The zero-order valence-electron chi connectivity index (χ0n) is 15.5. The number of hydrogen-bond acceptors (Lipinski definition) is 4. The lowest BCUT2D eigenvalue weighted by atomic mass is 10.1. The van der Waals surface area contributed by atoms with Crippen molar-refractivity contribution in [1.82, 2.24) is 4.57 Å². The second kappa shape index (κ2) is 9.14. The zero-order chi connectivity index (χ0) is 19.3. The van der Waals surface area contributed by atoms with E-state index in [1.165, 1.54) is 0 Å². The Labute approximate surface area is 162 Å². The van der Waals surface area contributed by atoms with Gasteiger partial charge in [-0.05, 0) is 44.5 Å². The smallest absolute Gasteiger partial charge is 0.310 e. The van der Waals surface area contributed by atoms with Crippen molar-refractivity contribution in [2.75, 3.05) is 20.3 Å². The van der Waals surface area contributed by atoms with E-state index in [2.05, 4.69) is 20.5 Å². The number of nitrogens with zero attached hydrogens (tertiary/aromatic N) is 1. The summed E-state index contributed by atoms with van der Waals surface area (Å²) in [5, 5.41) is 0. The molecule has 0 aliphatic heterocycles. The van der Waals surface area contributed by atoms with Gasteiger partial charge in [0.05, 0.1) is 19.1 Å². The first-order valence-corrected chi connectivity index (χ1v) is 9.23. The molecule has 0 saturated heterocycles. The number of esters is 1. The Bertz CT molecular complexity index is 780. The van der Waals surface area contributed by atoms with Crippen LogP contribution in [0.2, 0.25) is 0 Å². The Morgan fingerprint density at radius 1 is 1.19 bits per heavy atom. The SMILES string of the molecule is COCC(C)n1c(C)cc(C(=O)COC(=O)Cc2ccc(Br)cc2)c1C. The number of benzene rings is 1. The second-order valence-corrected chi connectivity index (χ2v) is 7.26. The van der Waals surface area contributed by atoms with E-state index in [0.29, 0.717) is 12.2 Å². The minimum absolute atomic E-state index is 0.126. The molecule has 0 N–H and O–H groups in total. The van der Waals surface area contributed by atoms with E-state index in [-0.39, 0.29) is 24.9 Å². The third-order valence-electron chi connectivity index (χ3n) is 4.26. The van der Waals surface area contributed by atoms with Crippen molar-refractivity contribution in [2.45, 2.75) is 33.2 Å². The van der Waals surface area contributed by atoms with Crippen LogP contribution < -0.4 is 0 Å². The number of aromatic nitrogens is 1. The van der Waals surface area contributed by atoms with E-state index in [9.17, 15) is 9.59 Å². The Hall–Kier alpha value is -1.92. The van der Waals surface area contributed by atoms with Crippen molar-refractivity contribution in [3.8, 4) is 0 Å². The summed E-state index contributed by atoms with van der Waals surface area (Å²) in [5.74, 6) is -0.611. The van der Waals surface area contributed by atoms with E-state index >= 15 is 0 Å². The molecule has 0 amide bonds. The number of ketones is 1. The van der Waals surface area contributed by atoms with Crippen molar-refractivity contribution in [3.63, 3.8) is 0 Å². The molecule has 6 heteroatoms. The number of halogens is 1. The molecule has 1 aromatic heterocycles. The van der Waals surface area contributed by atoms with Crippen molar-refractivity contribution in [1.29, 1.82) is 0 Å². The highest BCUT2D eigenvalue weighted by atomic mass is 79.9. The van der Waals surface area contributed by atoms with Gasteiger partial charge in [0.1, 0.15) is 0 Å². The van der Waals surface area contributed by atoms with Gasteiger partial charge < -0.3 is 14.0 Å². The van der Waals surface area contributed by atoms with Crippen molar-refractivity contribution < 1.29 is 19.1 Å². The van der Waals surface area contributed by atoms with Crippen molar-refractivity contribution >= 4 is 27.7 Å². The highest BCUT2D eigenvalue weighted by Crippen LogP contribution is 2.21. The highest BCUT2D eigenvalue weighted by molar-refractivity contribution is 9.10.